The molecule has 0 spiro atoms. The van der Waals surface area contributed by atoms with Crippen LogP contribution in [0.4, 0.5) is 0 Å². The van der Waals surface area contributed by atoms with Gasteiger partial charge in [0.25, 0.3) is 0 Å². The van der Waals surface area contributed by atoms with Crippen LogP contribution >= 0.6 is 0 Å². The molecule has 1 aliphatic rings. The topological polar surface area (TPSA) is 12.5 Å². The van der Waals surface area contributed by atoms with Crippen molar-refractivity contribution < 1.29 is 4.74 Å². The predicted octanol–water partition coefficient (Wildman–Crippen LogP) is 9.41. The van der Waals surface area contributed by atoms with E-state index in [1.807, 2.05) is 0 Å². The van der Waals surface area contributed by atoms with Crippen LogP contribution < -0.4 is 0 Å². The normalized spacial score (nSPS) is 17.8. The minimum atomic E-state index is 0.438. The van der Waals surface area contributed by atoms with Crippen molar-refractivity contribution in [2.24, 2.45) is 11.8 Å². The Morgan fingerprint density at radius 3 is 1.75 bits per heavy atom. The first-order valence-corrected chi connectivity index (χ1v) is 15.0. The Labute approximate surface area is 203 Å². The van der Waals surface area contributed by atoms with Crippen LogP contribution in [0, 0.1) is 11.8 Å². The number of nitrogens with zero attached hydrogens (tertiary/aromatic N) is 1. The lowest BCUT2D eigenvalue weighted by Gasteiger charge is -2.35. The number of likely N-dealkylation sites (tertiary alicyclic amines) is 1. The molecular weight excluding hydrogens is 390 g/mol. The fourth-order valence-electron chi connectivity index (χ4n) is 5.53. The maximum absolute atomic E-state index is 6.55. The molecule has 1 unspecified atom stereocenters. The zero-order chi connectivity index (χ0) is 23.4. The molecule has 0 aromatic heterocycles. The molecule has 192 valence electrons. The summed E-state index contributed by atoms with van der Waals surface area (Å²) in [6.45, 7) is 15.5. The van der Waals surface area contributed by atoms with Crippen LogP contribution in [0.3, 0.4) is 0 Å². The largest absolute Gasteiger partial charge is 0.375 e. The molecule has 2 atom stereocenters. The average molecular weight is 452 g/mol. The van der Waals surface area contributed by atoms with Crippen molar-refractivity contribution in [3.8, 4) is 0 Å². The van der Waals surface area contributed by atoms with Crippen LogP contribution in [0.25, 0.3) is 0 Å². The molecule has 1 saturated heterocycles. The lowest BCUT2D eigenvalue weighted by Crippen LogP contribution is -2.40. The van der Waals surface area contributed by atoms with Crippen molar-refractivity contribution in [3.63, 3.8) is 0 Å². The van der Waals surface area contributed by atoms with Gasteiger partial charge in [-0.1, -0.05) is 111 Å². The van der Waals surface area contributed by atoms with Crippen LogP contribution in [-0.4, -0.2) is 36.7 Å². The SMILES string of the molecule is CCCCCCC(CCCCCC)CC[C@@H](C)OC1CCN(CC(CC)CCCC)CC1. The maximum Gasteiger partial charge on any atom is 0.0603 e. The first kappa shape index (κ1) is 30.0. The van der Waals surface area contributed by atoms with Crippen LogP contribution in [0.15, 0.2) is 0 Å². The van der Waals surface area contributed by atoms with Gasteiger partial charge in [-0.2, -0.15) is 0 Å². The van der Waals surface area contributed by atoms with Crippen molar-refractivity contribution in [2.45, 2.75) is 162 Å². The zero-order valence-corrected chi connectivity index (χ0v) is 23.0. The quantitative estimate of drug-likeness (QED) is 0.161. The zero-order valence-electron chi connectivity index (χ0n) is 23.0. The van der Waals surface area contributed by atoms with Crippen LogP contribution in [0.5, 0.6) is 0 Å². The Hall–Kier alpha value is -0.0800. The van der Waals surface area contributed by atoms with E-state index in [9.17, 15) is 0 Å². The third kappa shape index (κ3) is 14.9. The van der Waals surface area contributed by atoms with E-state index in [0.29, 0.717) is 12.2 Å². The molecule has 2 heteroatoms. The van der Waals surface area contributed by atoms with Gasteiger partial charge in [0, 0.05) is 19.6 Å². The minimum Gasteiger partial charge on any atom is -0.375 e. The first-order chi connectivity index (χ1) is 15.6. The van der Waals surface area contributed by atoms with Gasteiger partial charge in [0.05, 0.1) is 12.2 Å². The summed E-state index contributed by atoms with van der Waals surface area (Å²) in [7, 11) is 0. The summed E-state index contributed by atoms with van der Waals surface area (Å²) >= 11 is 0. The molecule has 32 heavy (non-hydrogen) atoms. The molecule has 0 N–H and O–H groups in total. The van der Waals surface area contributed by atoms with E-state index in [0.717, 1.165) is 11.8 Å². The number of ether oxygens (including phenoxy) is 1. The van der Waals surface area contributed by atoms with E-state index in [4.69, 9.17) is 4.74 Å². The summed E-state index contributed by atoms with van der Waals surface area (Å²) in [6.07, 6.45) is 25.7. The van der Waals surface area contributed by atoms with Gasteiger partial charge >= 0.3 is 0 Å². The van der Waals surface area contributed by atoms with Crippen molar-refractivity contribution in [1.82, 2.24) is 4.90 Å². The highest BCUT2D eigenvalue weighted by Crippen LogP contribution is 2.26. The summed E-state index contributed by atoms with van der Waals surface area (Å²) in [4.78, 5) is 2.72. The summed E-state index contributed by atoms with van der Waals surface area (Å²) in [5, 5.41) is 0. The monoisotopic (exact) mass is 451 g/mol. The van der Waals surface area contributed by atoms with E-state index < -0.39 is 0 Å². The number of rotatable bonds is 21. The Bertz CT molecular complexity index is 378. The van der Waals surface area contributed by atoms with Gasteiger partial charge in [-0.3, -0.25) is 0 Å². The van der Waals surface area contributed by atoms with E-state index in [2.05, 4.69) is 39.5 Å². The smallest absolute Gasteiger partial charge is 0.0603 e. The second kappa shape index (κ2) is 20.3. The van der Waals surface area contributed by atoms with Gasteiger partial charge in [0.2, 0.25) is 0 Å². The van der Waals surface area contributed by atoms with Crippen LogP contribution in [0.1, 0.15) is 150 Å². The van der Waals surface area contributed by atoms with Gasteiger partial charge in [0.1, 0.15) is 0 Å². The average Bonchev–Trinajstić information content (AvgIpc) is 2.81. The second-order valence-corrected chi connectivity index (χ2v) is 11.0. The summed E-state index contributed by atoms with van der Waals surface area (Å²) in [6, 6.07) is 0. The van der Waals surface area contributed by atoms with Gasteiger partial charge in [-0.25, -0.2) is 0 Å². The molecule has 0 saturated carbocycles. The molecule has 1 fully saturated rings. The Kier molecular flexibility index (Phi) is 19.0. The third-order valence-electron chi connectivity index (χ3n) is 7.93. The molecule has 0 bridgehead atoms. The molecule has 0 aromatic rings. The van der Waals surface area contributed by atoms with Crippen molar-refractivity contribution in [2.75, 3.05) is 19.6 Å². The Morgan fingerprint density at radius 2 is 1.22 bits per heavy atom. The second-order valence-electron chi connectivity index (χ2n) is 11.0. The Balaban J connectivity index is 2.27. The molecule has 1 rings (SSSR count). The van der Waals surface area contributed by atoms with Gasteiger partial charge in [0.15, 0.2) is 0 Å². The highest BCUT2D eigenvalue weighted by Gasteiger charge is 2.23. The standard InChI is InChI=1S/C30H61NO/c1-6-10-13-15-18-29(19-16-14-11-7-2)21-20-27(5)32-30-22-24-31(25-23-30)26-28(9-4)17-12-8-3/h27-30H,6-26H2,1-5H3/t27-,28?/m1/s1. The van der Waals surface area contributed by atoms with Gasteiger partial charge in [-0.15, -0.1) is 0 Å². The van der Waals surface area contributed by atoms with Crippen molar-refractivity contribution >= 4 is 0 Å². The third-order valence-corrected chi connectivity index (χ3v) is 7.93. The molecular formula is C30H61NO. The maximum atomic E-state index is 6.55. The highest BCUT2D eigenvalue weighted by atomic mass is 16.5. The Morgan fingerprint density at radius 1 is 0.656 bits per heavy atom. The van der Waals surface area contributed by atoms with Gasteiger partial charge in [-0.05, 0) is 50.9 Å². The number of unbranched alkanes of at least 4 members (excludes halogenated alkanes) is 7. The molecule has 1 heterocycles. The van der Waals surface area contributed by atoms with E-state index >= 15 is 0 Å². The lowest BCUT2D eigenvalue weighted by molar-refractivity contribution is -0.0414. The lowest BCUT2D eigenvalue weighted by atomic mass is 9.89. The van der Waals surface area contributed by atoms with Gasteiger partial charge < -0.3 is 9.64 Å². The van der Waals surface area contributed by atoms with Crippen LogP contribution in [-0.2, 0) is 4.74 Å². The number of hydrogen-bond donors (Lipinski definition) is 0. The molecule has 0 amide bonds. The fraction of sp³-hybridized carbons (Fsp3) is 1.00. The molecule has 0 aromatic carbocycles. The van der Waals surface area contributed by atoms with Crippen molar-refractivity contribution in [1.29, 1.82) is 0 Å². The molecule has 0 radical (unpaired) electrons. The molecule has 0 aliphatic carbocycles. The van der Waals surface area contributed by atoms with E-state index in [1.54, 1.807) is 0 Å². The van der Waals surface area contributed by atoms with E-state index in [-0.39, 0.29) is 0 Å². The molecule has 2 nitrogen and oxygen atoms in total. The van der Waals surface area contributed by atoms with Crippen molar-refractivity contribution in [3.05, 3.63) is 0 Å². The molecule has 1 aliphatic heterocycles. The van der Waals surface area contributed by atoms with Crippen LogP contribution in [0.2, 0.25) is 0 Å². The highest BCUT2D eigenvalue weighted by molar-refractivity contribution is 4.76. The number of hydrogen-bond acceptors (Lipinski definition) is 2. The fourth-order valence-corrected chi connectivity index (χ4v) is 5.53. The summed E-state index contributed by atoms with van der Waals surface area (Å²) in [5.74, 6) is 1.84. The minimum absolute atomic E-state index is 0.438. The first-order valence-electron chi connectivity index (χ1n) is 15.0. The summed E-state index contributed by atoms with van der Waals surface area (Å²) < 4.78 is 6.55. The number of piperidine rings is 1. The van der Waals surface area contributed by atoms with E-state index in [1.165, 1.54) is 135 Å². The summed E-state index contributed by atoms with van der Waals surface area (Å²) in [5.41, 5.74) is 0. The predicted molar refractivity (Wildman–Crippen MR) is 144 cm³/mol.